The lowest BCUT2D eigenvalue weighted by atomic mass is 9.96. The van der Waals surface area contributed by atoms with Gasteiger partial charge in [-0.3, -0.25) is 4.79 Å². The first-order chi connectivity index (χ1) is 13.0. The highest BCUT2D eigenvalue weighted by Crippen LogP contribution is 2.21. The van der Waals surface area contributed by atoms with Crippen LogP contribution in [0.15, 0.2) is 24.3 Å². The molecule has 1 N–H and O–H groups in total. The van der Waals surface area contributed by atoms with Gasteiger partial charge in [-0.25, -0.2) is 4.68 Å². The van der Waals surface area contributed by atoms with Crippen molar-refractivity contribution in [2.75, 3.05) is 26.7 Å². The molecule has 2 heterocycles. The van der Waals surface area contributed by atoms with E-state index in [4.69, 9.17) is 0 Å². The van der Waals surface area contributed by atoms with Gasteiger partial charge in [-0.15, -0.1) is 5.10 Å². The molecule has 1 amide bonds. The number of piperidine rings is 1. The first-order valence-corrected chi connectivity index (χ1v) is 8.91. The quantitative estimate of drug-likeness (QED) is 0.834. The number of carbonyl (C=O) groups is 1. The maximum absolute atomic E-state index is 12.8. The molecule has 9 heteroatoms. The summed E-state index contributed by atoms with van der Waals surface area (Å²) in [5.74, 6) is 0.524. The van der Waals surface area contributed by atoms with E-state index >= 15 is 0 Å². The van der Waals surface area contributed by atoms with E-state index < -0.39 is 6.61 Å². The van der Waals surface area contributed by atoms with Crippen molar-refractivity contribution in [1.82, 2.24) is 25.2 Å². The highest BCUT2D eigenvalue weighted by Gasteiger charge is 2.27. The van der Waals surface area contributed by atoms with E-state index in [0.29, 0.717) is 36.1 Å². The molecule has 0 spiro atoms. The van der Waals surface area contributed by atoms with E-state index in [2.05, 4.69) is 20.4 Å². The minimum Gasteiger partial charge on any atom is -0.435 e. The topological polar surface area (TPSA) is 72.3 Å². The number of halogens is 2. The molecule has 1 aromatic carbocycles. The fraction of sp³-hybridized carbons (Fsp3) is 0.500. The number of nitrogens with zero attached hydrogens (tertiary/aromatic N) is 4. The molecular formula is C18H23F2N5O2. The maximum Gasteiger partial charge on any atom is 0.387 e. The largest absolute Gasteiger partial charge is 0.435 e. The van der Waals surface area contributed by atoms with Crippen molar-refractivity contribution in [2.45, 2.75) is 26.4 Å². The average molecular weight is 379 g/mol. The van der Waals surface area contributed by atoms with E-state index in [1.807, 2.05) is 11.9 Å². The second kappa shape index (κ2) is 8.43. The summed E-state index contributed by atoms with van der Waals surface area (Å²) in [6.45, 7) is 1.27. The number of aromatic nitrogens is 3. The molecular weight excluding hydrogens is 356 g/mol. The molecule has 0 radical (unpaired) electrons. The van der Waals surface area contributed by atoms with Crippen molar-refractivity contribution in [3.05, 3.63) is 35.7 Å². The molecule has 1 aliphatic heterocycles. The van der Waals surface area contributed by atoms with E-state index in [0.717, 1.165) is 19.4 Å². The Morgan fingerprint density at radius 2 is 1.96 bits per heavy atom. The van der Waals surface area contributed by atoms with Gasteiger partial charge in [0.05, 0.1) is 11.4 Å². The number of benzene rings is 1. The summed E-state index contributed by atoms with van der Waals surface area (Å²) in [5.41, 5.74) is 1.54. The Hall–Kier alpha value is -2.55. The number of ether oxygens (including phenoxy) is 1. The highest BCUT2D eigenvalue weighted by atomic mass is 19.3. The molecule has 0 atom stereocenters. The average Bonchev–Trinajstić information content (AvgIpc) is 3.04. The fourth-order valence-corrected chi connectivity index (χ4v) is 3.32. The van der Waals surface area contributed by atoms with Gasteiger partial charge < -0.3 is 15.0 Å². The van der Waals surface area contributed by atoms with Gasteiger partial charge in [-0.1, -0.05) is 5.21 Å². The number of hydrogen-bond acceptors (Lipinski definition) is 5. The number of likely N-dealkylation sites (tertiary alicyclic amines) is 1. The zero-order chi connectivity index (χ0) is 19.4. The first kappa shape index (κ1) is 19.2. The van der Waals surface area contributed by atoms with Gasteiger partial charge in [0.2, 0.25) is 0 Å². The first-order valence-electron chi connectivity index (χ1n) is 8.91. The lowest BCUT2D eigenvalue weighted by molar-refractivity contribution is -0.0498. The van der Waals surface area contributed by atoms with Crippen LogP contribution in [0.5, 0.6) is 5.75 Å². The van der Waals surface area contributed by atoms with Gasteiger partial charge in [0.15, 0.2) is 5.69 Å². The Balaban J connectivity index is 1.70. The fourth-order valence-electron chi connectivity index (χ4n) is 3.32. The predicted octanol–water partition coefficient (Wildman–Crippen LogP) is 2.25. The molecule has 146 valence electrons. The number of carbonyl (C=O) groups excluding carboxylic acids is 1. The molecule has 1 fully saturated rings. The Morgan fingerprint density at radius 1 is 1.30 bits per heavy atom. The maximum atomic E-state index is 12.8. The summed E-state index contributed by atoms with van der Waals surface area (Å²) in [6, 6.07) is 6.04. The highest BCUT2D eigenvalue weighted by molar-refractivity contribution is 5.93. The summed E-state index contributed by atoms with van der Waals surface area (Å²) in [7, 11) is 1.94. The molecule has 1 aliphatic rings. The van der Waals surface area contributed by atoms with Crippen molar-refractivity contribution in [2.24, 2.45) is 5.92 Å². The number of nitrogens with one attached hydrogen (secondary N) is 1. The normalized spacial score (nSPS) is 15.4. The van der Waals surface area contributed by atoms with Crippen LogP contribution in [0, 0.1) is 12.8 Å². The number of amides is 1. The smallest absolute Gasteiger partial charge is 0.387 e. The minimum absolute atomic E-state index is 0.0623. The standard InChI is InChI=1S/C18H23F2N5O2/c1-12-16(17(26)24-9-7-13(8-10-24)11-21-2)22-23-25(12)14-3-5-15(6-4-14)27-18(19)20/h3-6,13,18,21H,7-11H2,1-2H3. The zero-order valence-corrected chi connectivity index (χ0v) is 15.4. The zero-order valence-electron chi connectivity index (χ0n) is 15.4. The van der Waals surface area contributed by atoms with E-state index in [1.165, 1.54) is 16.8 Å². The van der Waals surface area contributed by atoms with E-state index in [9.17, 15) is 13.6 Å². The van der Waals surface area contributed by atoms with Gasteiger partial charge >= 0.3 is 6.61 Å². The van der Waals surface area contributed by atoms with Crippen molar-refractivity contribution in [1.29, 1.82) is 0 Å². The second-order valence-corrected chi connectivity index (χ2v) is 6.60. The van der Waals surface area contributed by atoms with Crippen molar-refractivity contribution in [3.8, 4) is 11.4 Å². The third-order valence-electron chi connectivity index (χ3n) is 4.80. The third kappa shape index (κ3) is 4.41. The van der Waals surface area contributed by atoms with Crippen molar-refractivity contribution >= 4 is 5.91 Å². The second-order valence-electron chi connectivity index (χ2n) is 6.60. The van der Waals surface area contributed by atoms with Crippen LogP contribution in [0.4, 0.5) is 8.78 Å². The SMILES string of the molecule is CNCC1CCN(C(=O)c2nnn(-c3ccc(OC(F)F)cc3)c2C)CC1. The number of alkyl halides is 2. The molecule has 1 aromatic heterocycles. The van der Waals surface area contributed by atoms with Gasteiger partial charge in [0.1, 0.15) is 5.75 Å². The summed E-state index contributed by atoms with van der Waals surface area (Å²) in [4.78, 5) is 14.6. The molecule has 27 heavy (non-hydrogen) atoms. The Morgan fingerprint density at radius 3 is 2.56 bits per heavy atom. The third-order valence-corrected chi connectivity index (χ3v) is 4.80. The monoisotopic (exact) mass is 379 g/mol. The summed E-state index contributed by atoms with van der Waals surface area (Å²) < 4.78 is 30.4. The molecule has 0 unspecified atom stereocenters. The Bertz CT molecular complexity index is 771. The van der Waals surface area contributed by atoms with Gasteiger partial charge in [-0.2, -0.15) is 8.78 Å². The molecule has 0 aliphatic carbocycles. The van der Waals surface area contributed by atoms with Gasteiger partial charge in [0, 0.05) is 13.1 Å². The molecule has 7 nitrogen and oxygen atoms in total. The number of hydrogen-bond donors (Lipinski definition) is 1. The van der Waals surface area contributed by atoms with Crippen molar-refractivity contribution < 1.29 is 18.3 Å². The summed E-state index contributed by atoms with van der Waals surface area (Å²) in [5, 5.41) is 11.3. The molecule has 2 aromatic rings. The summed E-state index contributed by atoms with van der Waals surface area (Å²) in [6.07, 6.45) is 1.93. The predicted molar refractivity (Wildman–Crippen MR) is 95.3 cm³/mol. The van der Waals surface area contributed by atoms with Crippen LogP contribution in [0.1, 0.15) is 29.0 Å². The van der Waals surface area contributed by atoms with Crippen LogP contribution >= 0.6 is 0 Å². The van der Waals surface area contributed by atoms with Crippen LogP contribution in [0.2, 0.25) is 0 Å². The van der Waals surface area contributed by atoms with Gasteiger partial charge in [-0.05, 0) is 63.5 Å². The Labute approximate surface area is 156 Å². The van der Waals surface area contributed by atoms with E-state index in [-0.39, 0.29) is 11.7 Å². The van der Waals surface area contributed by atoms with Gasteiger partial charge in [0.25, 0.3) is 5.91 Å². The van der Waals surface area contributed by atoms with Crippen LogP contribution < -0.4 is 10.1 Å². The lowest BCUT2D eigenvalue weighted by Crippen LogP contribution is -2.40. The van der Waals surface area contributed by atoms with E-state index in [1.54, 1.807) is 19.1 Å². The number of rotatable bonds is 6. The summed E-state index contributed by atoms with van der Waals surface area (Å²) >= 11 is 0. The van der Waals surface area contributed by atoms with Crippen LogP contribution in [0.3, 0.4) is 0 Å². The molecule has 3 rings (SSSR count). The lowest BCUT2D eigenvalue weighted by Gasteiger charge is -2.31. The molecule has 1 saturated heterocycles. The van der Waals surface area contributed by atoms with Crippen molar-refractivity contribution in [3.63, 3.8) is 0 Å². The minimum atomic E-state index is -2.87. The van der Waals surface area contributed by atoms with Crippen LogP contribution in [0.25, 0.3) is 5.69 Å². The molecule has 0 bridgehead atoms. The van der Waals surface area contributed by atoms with Crippen LogP contribution in [-0.2, 0) is 0 Å². The molecule has 0 saturated carbocycles. The van der Waals surface area contributed by atoms with Crippen LogP contribution in [-0.4, -0.2) is 59.1 Å². The Kier molecular flexibility index (Phi) is 6.00.